The molecule has 0 radical (unpaired) electrons. The molecule has 1 heterocycles. The summed E-state index contributed by atoms with van der Waals surface area (Å²) in [5, 5.41) is 8.48. The first-order valence-corrected chi connectivity index (χ1v) is 4.86. The lowest BCUT2D eigenvalue weighted by Gasteiger charge is -2.05. The lowest BCUT2D eigenvalue weighted by Crippen LogP contribution is -2.07. The first-order valence-electron chi connectivity index (χ1n) is 4.86. The Labute approximate surface area is 95.4 Å². The van der Waals surface area contributed by atoms with Gasteiger partial charge in [0.2, 0.25) is 0 Å². The third kappa shape index (κ3) is 2.43. The largest absolute Gasteiger partial charge is 0.478 e. The molecule has 0 aliphatic heterocycles. The van der Waals surface area contributed by atoms with E-state index in [4.69, 9.17) is 15.3 Å². The molecule has 88 valence electrons. The molecular weight excluding hydrogens is 224 g/mol. The van der Waals surface area contributed by atoms with E-state index >= 15 is 0 Å². The van der Waals surface area contributed by atoms with Crippen molar-refractivity contribution in [2.45, 2.75) is 6.04 Å². The minimum atomic E-state index is -1.06. The van der Waals surface area contributed by atoms with Gasteiger partial charge in [-0.3, -0.25) is 4.98 Å². The summed E-state index contributed by atoms with van der Waals surface area (Å²) in [7, 11) is 0. The maximum absolute atomic E-state index is 10.9. The number of H-pyrrole nitrogens is 1. The van der Waals surface area contributed by atoms with Crippen molar-refractivity contribution in [1.82, 2.24) is 4.98 Å². The molecule has 4 N–H and O–H groups in total. The monoisotopic (exact) mass is 234 g/mol. The first-order chi connectivity index (χ1) is 8.06. The lowest BCUT2D eigenvalue weighted by atomic mass is 10.1. The second kappa shape index (κ2) is 4.26. The van der Waals surface area contributed by atoms with Crippen molar-refractivity contribution < 1.29 is 14.3 Å². The molecule has 6 heteroatoms. The van der Waals surface area contributed by atoms with Gasteiger partial charge in [-0.05, 0) is 17.7 Å². The molecule has 2 rings (SSSR count). The summed E-state index contributed by atoms with van der Waals surface area (Å²) in [6.07, 6.45) is 2.34. The zero-order valence-corrected chi connectivity index (χ0v) is 8.71. The highest BCUT2D eigenvalue weighted by molar-refractivity contribution is 5.80. The molecule has 1 aromatic carbocycles. The zero-order chi connectivity index (χ0) is 12.4. The molecule has 0 aliphatic rings. The third-order valence-corrected chi connectivity index (χ3v) is 2.27. The lowest BCUT2D eigenvalue weighted by molar-refractivity contribution is -0.131. The Morgan fingerprint density at radius 1 is 1.53 bits per heavy atom. The summed E-state index contributed by atoms with van der Waals surface area (Å²) >= 11 is 0. The van der Waals surface area contributed by atoms with Gasteiger partial charge < -0.3 is 15.3 Å². The molecule has 17 heavy (non-hydrogen) atoms. The number of aromatic nitrogens is 1. The Kier molecular flexibility index (Phi) is 2.80. The molecule has 0 spiro atoms. The summed E-state index contributed by atoms with van der Waals surface area (Å²) in [5.41, 5.74) is 7.43. The Morgan fingerprint density at radius 3 is 3.00 bits per heavy atom. The van der Waals surface area contributed by atoms with Gasteiger partial charge in [-0.25, -0.2) is 9.59 Å². The average Bonchev–Trinajstić information content (AvgIpc) is 2.64. The number of benzene rings is 1. The van der Waals surface area contributed by atoms with Crippen LogP contribution in [0.1, 0.15) is 11.6 Å². The number of aliphatic carboxylic acids is 1. The predicted molar refractivity (Wildman–Crippen MR) is 60.5 cm³/mol. The molecule has 1 unspecified atom stereocenters. The SMILES string of the molecule is NC(/C=C/C(=O)O)c1ccc2oc(=O)[nH]c2c1. The topological polar surface area (TPSA) is 109 Å². The van der Waals surface area contributed by atoms with E-state index in [1.807, 2.05) is 0 Å². The van der Waals surface area contributed by atoms with Gasteiger partial charge in [-0.1, -0.05) is 12.1 Å². The Balaban J connectivity index is 2.35. The second-order valence-corrected chi connectivity index (χ2v) is 3.49. The fraction of sp³-hybridized carbons (Fsp3) is 0.0909. The fourth-order valence-corrected chi connectivity index (χ4v) is 1.47. The van der Waals surface area contributed by atoms with Gasteiger partial charge in [0.25, 0.3) is 0 Å². The number of hydrogen-bond acceptors (Lipinski definition) is 4. The van der Waals surface area contributed by atoms with E-state index in [2.05, 4.69) is 4.98 Å². The van der Waals surface area contributed by atoms with Gasteiger partial charge in [0.15, 0.2) is 5.58 Å². The van der Waals surface area contributed by atoms with Gasteiger partial charge in [-0.15, -0.1) is 0 Å². The molecule has 0 aliphatic carbocycles. The van der Waals surface area contributed by atoms with Gasteiger partial charge in [0, 0.05) is 12.1 Å². The Bertz CT molecular complexity index is 638. The van der Waals surface area contributed by atoms with Crippen molar-refractivity contribution in [3.8, 4) is 0 Å². The molecule has 1 atom stereocenters. The number of carboxylic acid groups (broad SMARTS) is 1. The molecule has 2 aromatic rings. The normalized spacial score (nSPS) is 13.2. The highest BCUT2D eigenvalue weighted by Crippen LogP contribution is 2.17. The number of carboxylic acids is 1. The van der Waals surface area contributed by atoms with Crippen molar-refractivity contribution >= 4 is 17.1 Å². The van der Waals surface area contributed by atoms with Crippen LogP contribution in [0.2, 0.25) is 0 Å². The van der Waals surface area contributed by atoms with Gasteiger partial charge in [0.1, 0.15) is 0 Å². The average molecular weight is 234 g/mol. The maximum Gasteiger partial charge on any atom is 0.417 e. The molecule has 0 saturated carbocycles. The summed E-state index contributed by atoms with van der Waals surface area (Å²) in [5.74, 6) is -1.59. The van der Waals surface area contributed by atoms with E-state index in [0.29, 0.717) is 16.7 Å². The van der Waals surface area contributed by atoms with E-state index in [1.54, 1.807) is 18.2 Å². The van der Waals surface area contributed by atoms with Crippen LogP contribution in [0.3, 0.4) is 0 Å². The summed E-state index contributed by atoms with van der Waals surface area (Å²) in [6, 6.07) is 4.39. The number of fused-ring (bicyclic) bond motifs is 1. The van der Waals surface area contributed by atoms with E-state index in [-0.39, 0.29) is 0 Å². The molecule has 0 fully saturated rings. The minimum absolute atomic E-state index is 0.438. The summed E-state index contributed by atoms with van der Waals surface area (Å²) in [4.78, 5) is 23.8. The number of carbonyl (C=O) groups is 1. The van der Waals surface area contributed by atoms with E-state index in [1.165, 1.54) is 6.08 Å². The second-order valence-electron chi connectivity index (χ2n) is 3.49. The van der Waals surface area contributed by atoms with Crippen LogP contribution in [0.5, 0.6) is 0 Å². The zero-order valence-electron chi connectivity index (χ0n) is 8.71. The molecule has 0 amide bonds. The Hall–Kier alpha value is -2.34. The van der Waals surface area contributed by atoms with Crippen LogP contribution < -0.4 is 11.5 Å². The first kappa shape index (κ1) is 11.2. The summed E-state index contributed by atoms with van der Waals surface area (Å²) < 4.78 is 4.84. The minimum Gasteiger partial charge on any atom is -0.478 e. The standard InChI is InChI=1S/C11H10N2O4/c12-7(2-4-10(14)15)6-1-3-9-8(5-6)13-11(16)17-9/h1-5,7H,12H2,(H,13,16)(H,14,15)/b4-2+. The van der Waals surface area contributed by atoms with Crippen molar-refractivity contribution in [2.75, 3.05) is 0 Å². The van der Waals surface area contributed by atoms with Crippen LogP contribution in [-0.2, 0) is 4.79 Å². The smallest absolute Gasteiger partial charge is 0.417 e. The van der Waals surface area contributed by atoms with Crippen molar-refractivity contribution in [1.29, 1.82) is 0 Å². The van der Waals surface area contributed by atoms with Crippen LogP contribution in [0.25, 0.3) is 11.1 Å². The van der Waals surface area contributed by atoms with Gasteiger partial charge in [0.05, 0.1) is 5.52 Å². The van der Waals surface area contributed by atoms with Crippen LogP contribution in [-0.4, -0.2) is 16.1 Å². The van der Waals surface area contributed by atoms with Gasteiger partial charge in [-0.2, -0.15) is 0 Å². The fourth-order valence-electron chi connectivity index (χ4n) is 1.47. The molecule has 0 saturated heterocycles. The highest BCUT2D eigenvalue weighted by Gasteiger charge is 2.06. The van der Waals surface area contributed by atoms with E-state index in [9.17, 15) is 9.59 Å². The molecule has 0 bridgehead atoms. The quantitative estimate of drug-likeness (QED) is 0.679. The maximum atomic E-state index is 10.9. The number of rotatable bonds is 3. The van der Waals surface area contributed by atoms with Crippen molar-refractivity contribution in [2.24, 2.45) is 5.73 Å². The number of oxazole rings is 1. The van der Waals surface area contributed by atoms with Gasteiger partial charge >= 0.3 is 11.7 Å². The predicted octanol–water partition coefficient (Wildman–Crippen LogP) is 0.762. The van der Waals surface area contributed by atoms with Crippen LogP contribution in [0, 0.1) is 0 Å². The van der Waals surface area contributed by atoms with Crippen molar-refractivity contribution in [3.63, 3.8) is 0 Å². The molecule has 1 aromatic heterocycles. The van der Waals surface area contributed by atoms with Crippen LogP contribution in [0.4, 0.5) is 0 Å². The number of hydrogen-bond donors (Lipinski definition) is 3. The van der Waals surface area contributed by atoms with Crippen LogP contribution >= 0.6 is 0 Å². The van der Waals surface area contributed by atoms with Crippen LogP contribution in [0.15, 0.2) is 39.6 Å². The number of nitrogens with one attached hydrogen (secondary N) is 1. The Morgan fingerprint density at radius 2 is 2.29 bits per heavy atom. The van der Waals surface area contributed by atoms with E-state index < -0.39 is 17.8 Å². The van der Waals surface area contributed by atoms with E-state index in [0.717, 1.165) is 6.08 Å². The molecule has 6 nitrogen and oxygen atoms in total. The molecular formula is C11H10N2O4. The third-order valence-electron chi connectivity index (χ3n) is 2.27. The summed E-state index contributed by atoms with van der Waals surface area (Å²) in [6.45, 7) is 0. The number of nitrogens with two attached hydrogens (primary N) is 1. The number of aromatic amines is 1. The van der Waals surface area contributed by atoms with Crippen molar-refractivity contribution in [3.05, 3.63) is 46.5 Å². The highest BCUT2D eigenvalue weighted by atomic mass is 16.4.